The summed E-state index contributed by atoms with van der Waals surface area (Å²) in [6.45, 7) is 4.35. The van der Waals surface area contributed by atoms with Crippen molar-refractivity contribution in [1.29, 1.82) is 0 Å². The van der Waals surface area contributed by atoms with E-state index in [2.05, 4.69) is 20.5 Å². The molecule has 0 aromatic carbocycles. The Morgan fingerprint density at radius 2 is 2.04 bits per heavy atom. The molecule has 2 amide bonds. The molecule has 0 radical (unpaired) electrons. The Hall–Kier alpha value is -1.66. The van der Waals surface area contributed by atoms with Gasteiger partial charge in [-0.05, 0) is 44.2 Å². The number of rotatable bonds is 4. The van der Waals surface area contributed by atoms with Crippen LogP contribution >= 0.6 is 0 Å². The monoisotopic (exact) mass is 346 g/mol. The SMILES string of the molecule is Cc1cccnc1CNC(=O)NC1CCN(C2CCCCC2O)CC1. The van der Waals surface area contributed by atoms with Gasteiger partial charge in [-0.2, -0.15) is 0 Å². The van der Waals surface area contributed by atoms with Gasteiger partial charge in [-0.1, -0.05) is 18.9 Å². The number of aromatic nitrogens is 1. The van der Waals surface area contributed by atoms with Gasteiger partial charge >= 0.3 is 6.03 Å². The molecule has 0 spiro atoms. The summed E-state index contributed by atoms with van der Waals surface area (Å²) in [5, 5.41) is 16.2. The largest absolute Gasteiger partial charge is 0.391 e. The quantitative estimate of drug-likeness (QED) is 0.779. The molecule has 1 aliphatic carbocycles. The fourth-order valence-electron chi connectivity index (χ4n) is 4.00. The van der Waals surface area contributed by atoms with E-state index >= 15 is 0 Å². The predicted octanol–water partition coefficient (Wildman–Crippen LogP) is 1.96. The van der Waals surface area contributed by atoms with Gasteiger partial charge in [0.1, 0.15) is 0 Å². The van der Waals surface area contributed by atoms with Gasteiger partial charge in [0.25, 0.3) is 0 Å². The van der Waals surface area contributed by atoms with E-state index in [1.54, 1.807) is 6.20 Å². The molecule has 3 N–H and O–H groups in total. The standard InChI is InChI=1S/C19H30N4O2/c1-14-5-4-10-20-16(14)13-21-19(25)22-15-8-11-23(12-9-15)17-6-2-3-7-18(17)24/h4-5,10,15,17-18,24H,2-3,6-9,11-13H2,1H3,(H2,21,22,25). The fourth-order valence-corrected chi connectivity index (χ4v) is 4.00. The molecule has 1 aliphatic heterocycles. The number of aliphatic hydroxyl groups excluding tert-OH is 1. The summed E-state index contributed by atoms with van der Waals surface area (Å²) in [7, 11) is 0. The summed E-state index contributed by atoms with van der Waals surface area (Å²) in [5.74, 6) is 0. The molecule has 2 atom stereocenters. The Morgan fingerprint density at radius 1 is 1.28 bits per heavy atom. The fraction of sp³-hybridized carbons (Fsp3) is 0.684. The molecule has 2 unspecified atom stereocenters. The Kier molecular flexibility index (Phi) is 6.26. The van der Waals surface area contributed by atoms with Crippen molar-refractivity contribution < 1.29 is 9.90 Å². The van der Waals surface area contributed by atoms with Gasteiger partial charge in [-0.25, -0.2) is 4.79 Å². The minimum absolute atomic E-state index is 0.124. The number of likely N-dealkylation sites (tertiary alicyclic amines) is 1. The number of hydrogen-bond acceptors (Lipinski definition) is 4. The van der Waals surface area contributed by atoms with Crippen molar-refractivity contribution >= 4 is 6.03 Å². The number of urea groups is 1. The lowest BCUT2D eigenvalue weighted by molar-refractivity contribution is 0.00777. The third kappa shape index (κ3) is 4.92. The molecule has 138 valence electrons. The number of hydrogen-bond donors (Lipinski definition) is 3. The summed E-state index contributed by atoms with van der Waals surface area (Å²) < 4.78 is 0. The second kappa shape index (κ2) is 8.63. The van der Waals surface area contributed by atoms with Crippen LogP contribution in [0.3, 0.4) is 0 Å². The van der Waals surface area contributed by atoms with E-state index < -0.39 is 0 Å². The number of aryl methyl sites for hydroxylation is 1. The van der Waals surface area contributed by atoms with Crippen LogP contribution in [0.5, 0.6) is 0 Å². The minimum Gasteiger partial charge on any atom is -0.391 e. The number of carbonyl (C=O) groups is 1. The first-order valence-electron chi connectivity index (χ1n) is 9.50. The van der Waals surface area contributed by atoms with Crippen molar-refractivity contribution in [2.45, 2.75) is 70.2 Å². The number of nitrogens with one attached hydrogen (secondary N) is 2. The van der Waals surface area contributed by atoms with Crippen LogP contribution in [0, 0.1) is 6.92 Å². The number of piperidine rings is 1. The summed E-state index contributed by atoms with van der Waals surface area (Å²) in [6, 6.07) is 4.30. The first-order valence-corrected chi connectivity index (χ1v) is 9.50. The maximum Gasteiger partial charge on any atom is 0.315 e. The van der Waals surface area contributed by atoms with E-state index in [1.165, 1.54) is 6.42 Å². The number of carbonyl (C=O) groups excluding carboxylic acids is 1. The van der Waals surface area contributed by atoms with Crippen LogP contribution in [0.4, 0.5) is 4.79 Å². The molecule has 1 saturated carbocycles. The van der Waals surface area contributed by atoms with Gasteiger partial charge in [0.2, 0.25) is 0 Å². The summed E-state index contributed by atoms with van der Waals surface area (Å²) in [6.07, 6.45) is 7.85. The zero-order valence-electron chi connectivity index (χ0n) is 15.1. The number of amides is 2. The lowest BCUT2D eigenvalue weighted by Gasteiger charge is -2.41. The average molecular weight is 346 g/mol. The van der Waals surface area contributed by atoms with E-state index in [0.29, 0.717) is 12.6 Å². The van der Waals surface area contributed by atoms with Gasteiger partial charge < -0.3 is 15.7 Å². The van der Waals surface area contributed by atoms with Gasteiger partial charge in [0, 0.05) is 31.4 Å². The predicted molar refractivity (Wildman–Crippen MR) is 97.2 cm³/mol. The third-order valence-electron chi connectivity index (χ3n) is 5.56. The molecule has 2 fully saturated rings. The van der Waals surface area contributed by atoms with Crippen molar-refractivity contribution in [1.82, 2.24) is 20.5 Å². The molecular formula is C19H30N4O2. The zero-order valence-corrected chi connectivity index (χ0v) is 15.1. The molecule has 3 rings (SSSR count). The first kappa shape index (κ1) is 18.1. The lowest BCUT2D eigenvalue weighted by atomic mass is 9.89. The van der Waals surface area contributed by atoms with Crippen LogP contribution in [0.25, 0.3) is 0 Å². The molecule has 1 saturated heterocycles. The van der Waals surface area contributed by atoms with Gasteiger partial charge in [-0.15, -0.1) is 0 Å². The molecule has 6 heteroatoms. The van der Waals surface area contributed by atoms with E-state index in [-0.39, 0.29) is 18.2 Å². The van der Waals surface area contributed by atoms with Crippen molar-refractivity contribution in [2.24, 2.45) is 0 Å². The summed E-state index contributed by atoms with van der Waals surface area (Å²) in [4.78, 5) is 18.8. The van der Waals surface area contributed by atoms with E-state index in [0.717, 1.165) is 56.5 Å². The Balaban J connectivity index is 1.39. The Morgan fingerprint density at radius 3 is 2.76 bits per heavy atom. The summed E-state index contributed by atoms with van der Waals surface area (Å²) in [5.41, 5.74) is 1.99. The second-order valence-electron chi connectivity index (χ2n) is 7.32. The highest BCUT2D eigenvalue weighted by Gasteiger charge is 2.31. The molecule has 6 nitrogen and oxygen atoms in total. The molecule has 2 aliphatic rings. The number of nitrogens with zero attached hydrogens (tertiary/aromatic N) is 2. The maximum absolute atomic E-state index is 12.1. The molecule has 2 heterocycles. The van der Waals surface area contributed by atoms with Crippen molar-refractivity contribution in [3.63, 3.8) is 0 Å². The first-order chi connectivity index (χ1) is 12.1. The van der Waals surface area contributed by atoms with Crippen LogP contribution in [-0.4, -0.2) is 52.3 Å². The highest BCUT2D eigenvalue weighted by molar-refractivity contribution is 5.74. The highest BCUT2D eigenvalue weighted by atomic mass is 16.3. The molecular weight excluding hydrogens is 316 g/mol. The molecule has 25 heavy (non-hydrogen) atoms. The number of pyridine rings is 1. The Bertz CT molecular complexity index is 572. The zero-order chi connectivity index (χ0) is 17.6. The van der Waals surface area contributed by atoms with Gasteiger partial charge in [-0.3, -0.25) is 9.88 Å². The third-order valence-corrected chi connectivity index (χ3v) is 5.56. The summed E-state index contributed by atoms with van der Waals surface area (Å²) >= 11 is 0. The van der Waals surface area contributed by atoms with Crippen LogP contribution in [0.15, 0.2) is 18.3 Å². The minimum atomic E-state index is -0.178. The van der Waals surface area contributed by atoms with Gasteiger partial charge in [0.05, 0.1) is 18.3 Å². The van der Waals surface area contributed by atoms with Crippen LogP contribution in [-0.2, 0) is 6.54 Å². The molecule has 1 aromatic heterocycles. The Labute approximate surface area is 150 Å². The maximum atomic E-state index is 12.1. The second-order valence-corrected chi connectivity index (χ2v) is 7.32. The normalized spacial score (nSPS) is 25.5. The topological polar surface area (TPSA) is 77.5 Å². The van der Waals surface area contributed by atoms with E-state index in [4.69, 9.17) is 0 Å². The lowest BCUT2D eigenvalue weighted by Crippen LogP contribution is -2.53. The van der Waals surface area contributed by atoms with Crippen molar-refractivity contribution in [2.75, 3.05) is 13.1 Å². The van der Waals surface area contributed by atoms with Gasteiger partial charge in [0.15, 0.2) is 0 Å². The highest BCUT2D eigenvalue weighted by Crippen LogP contribution is 2.25. The molecule has 0 bridgehead atoms. The van der Waals surface area contributed by atoms with Crippen LogP contribution in [0.2, 0.25) is 0 Å². The van der Waals surface area contributed by atoms with E-state index in [1.807, 2.05) is 19.1 Å². The van der Waals surface area contributed by atoms with Crippen LogP contribution < -0.4 is 10.6 Å². The van der Waals surface area contributed by atoms with E-state index in [9.17, 15) is 9.90 Å². The van der Waals surface area contributed by atoms with Crippen molar-refractivity contribution in [3.8, 4) is 0 Å². The average Bonchev–Trinajstić information content (AvgIpc) is 2.62. The molecule has 1 aromatic rings. The van der Waals surface area contributed by atoms with Crippen molar-refractivity contribution in [3.05, 3.63) is 29.6 Å². The smallest absolute Gasteiger partial charge is 0.315 e. The van der Waals surface area contributed by atoms with Crippen LogP contribution in [0.1, 0.15) is 49.8 Å². The number of aliphatic hydroxyl groups is 1.